The van der Waals surface area contributed by atoms with Gasteiger partial charge in [-0.05, 0) is 25.8 Å². The molecule has 0 heterocycles. The summed E-state index contributed by atoms with van der Waals surface area (Å²) in [7, 11) is 0. The van der Waals surface area contributed by atoms with Gasteiger partial charge >= 0.3 is 5.97 Å². The van der Waals surface area contributed by atoms with E-state index in [1.54, 1.807) is 6.92 Å². The Morgan fingerprint density at radius 1 is 1.12 bits per heavy atom. The number of aliphatic hydroxyl groups is 1. The molecule has 0 saturated carbocycles. The van der Waals surface area contributed by atoms with E-state index in [-0.39, 0.29) is 11.9 Å². The first-order valence-electron chi connectivity index (χ1n) is 5.64. The molecule has 4 nitrogen and oxygen atoms in total. The van der Waals surface area contributed by atoms with E-state index in [0.29, 0.717) is 6.42 Å². The molecule has 0 saturated heterocycles. The first-order valence-corrected chi connectivity index (χ1v) is 5.64. The second-order valence-corrected chi connectivity index (χ2v) is 3.94. The van der Waals surface area contributed by atoms with Crippen LogP contribution in [0.2, 0.25) is 0 Å². The van der Waals surface area contributed by atoms with Crippen molar-refractivity contribution in [1.29, 1.82) is 0 Å². The zero-order chi connectivity index (χ0) is 12.4. The molecule has 16 heavy (non-hydrogen) atoms. The summed E-state index contributed by atoms with van der Waals surface area (Å²) >= 11 is 0. The number of ketones is 1. The van der Waals surface area contributed by atoms with Gasteiger partial charge in [0.2, 0.25) is 0 Å². The molecular formula is C12H20O4. The number of aliphatic hydroxyl groups excluding tert-OH is 1. The average molecular weight is 228 g/mol. The van der Waals surface area contributed by atoms with Crippen LogP contribution >= 0.6 is 0 Å². The molecule has 92 valence electrons. The van der Waals surface area contributed by atoms with Crippen molar-refractivity contribution in [2.75, 3.05) is 0 Å². The summed E-state index contributed by atoms with van der Waals surface area (Å²) in [5.74, 6) is -1.23. The van der Waals surface area contributed by atoms with Gasteiger partial charge in [-0.2, -0.15) is 0 Å². The van der Waals surface area contributed by atoms with Crippen molar-refractivity contribution < 1.29 is 19.8 Å². The molecule has 0 aromatic heterocycles. The molecule has 1 atom stereocenters. The molecule has 0 rings (SSSR count). The first-order chi connectivity index (χ1) is 7.52. The lowest BCUT2D eigenvalue weighted by molar-refractivity contribution is -0.131. The second kappa shape index (κ2) is 9.09. The van der Waals surface area contributed by atoms with Crippen LogP contribution in [0.1, 0.15) is 45.4 Å². The number of allylic oxidation sites excluding steroid dienone is 1. The molecule has 2 N–H and O–H groups in total. The van der Waals surface area contributed by atoms with Crippen molar-refractivity contribution in [3.05, 3.63) is 12.2 Å². The van der Waals surface area contributed by atoms with Gasteiger partial charge in [-0.1, -0.05) is 19.3 Å². The summed E-state index contributed by atoms with van der Waals surface area (Å²) in [6.45, 7) is 1.76. The molecule has 0 radical (unpaired) electrons. The molecular weight excluding hydrogens is 208 g/mol. The fraction of sp³-hybridized carbons (Fsp3) is 0.667. The van der Waals surface area contributed by atoms with Gasteiger partial charge in [0.1, 0.15) is 0 Å². The third-order valence-corrected chi connectivity index (χ3v) is 2.21. The van der Waals surface area contributed by atoms with Crippen LogP contribution in [0.15, 0.2) is 12.2 Å². The fourth-order valence-electron chi connectivity index (χ4n) is 1.34. The number of carboxylic acids is 1. The van der Waals surface area contributed by atoms with E-state index in [0.717, 1.165) is 44.3 Å². The Hall–Kier alpha value is -1.16. The topological polar surface area (TPSA) is 74.6 Å². The minimum Gasteiger partial charge on any atom is -0.478 e. The lowest BCUT2D eigenvalue weighted by Crippen LogP contribution is -1.99. The predicted octanol–water partition coefficient (Wildman–Crippen LogP) is 1.92. The average Bonchev–Trinajstić information content (AvgIpc) is 2.19. The maximum atomic E-state index is 11.1. The van der Waals surface area contributed by atoms with E-state index in [1.165, 1.54) is 0 Å². The van der Waals surface area contributed by atoms with Gasteiger partial charge < -0.3 is 10.2 Å². The zero-order valence-corrected chi connectivity index (χ0v) is 9.69. The van der Waals surface area contributed by atoms with Gasteiger partial charge in [0.25, 0.3) is 0 Å². The lowest BCUT2D eigenvalue weighted by Gasteiger charge is -2.02. The predicted molar refractivity (Wildman–Crippen MR) is 61.2 cm³/mol. The van der Waals surface area contributed by atoms with Gasteiger partial charge in [0, 0.05) is 12.5 Å². The monoisotopic (exact) mass is 228 g/mol. The minimum absolute atomic E-state index is 0.141. The Morgan fingerprint density at radius 3 is 2.31 bits per heavy atom. The molecule has 0 aromatic carbocycles. The summed E-state index contributed by atoms with van der Waals surface area (Å²) in [6.07, 6.45) is 6.62. The van der Waals surface area contributed by atoms with E-state index in [2.05, 4.69) is 0 Å². The van der Waals surface area contributed by atoms with E-state index < -0.39 is 5.97 Å². The molecule has 0 aliphatic rings. The van der Waals surface area contributed by atoms with Crippen molar-refractivity contribution >= 4 is 11.8 Å². The van der Waals surface area contributed by atoms with E-state index in [4.69, 9.17) is 10.2 Å². The maximum absolute atomic E-state index is 11.1. The van der Waals surface area contributed by atoms with E-state index in [9.17, 15) is 9.59 Å². The third-order valence-electron chi connectivity index (χ3n) is 2.21. The Morgan fingerprint density at radius 2 is 1.75 bits per heavy atom. The molecule has 0 aromatic rings. The second-order valence-electron chi connectivity index (χ2n) is 3.94. The van der Waals surface area contributed by atoms with Crippen LogP contribution in [0.5, 0.6) is 0 Å². The van der Waals surface area contributed by atoms with Gasteiger partial charge in [-0.25, -0.2) is 4.79 Å². The van der Waals surface area contributed by atoms with Gasteiger partial charge in [-0.3, -0.25) is 4.79 Å². The van der Waals surface area contributed by atoms with Crippen LogP contribution in [0, 0.1) is 0 Å². The number of carbonyl (C=O) groups is 2. The highest BCUT2D eigenvalue weighted by Gasteiger charge is 1.99. The van der Waals surface area contributed by atoms with Crippen LogP contribution in [-0.4, -0.2) is 28.1 Å². The van der Waals surface area contributed by atoms with Crippen LogP contribution in [0.3, 0.4) is 0 Å². The van der Waals surface area contributed by atoms with Crippen molar-refractivity contribution in [3.8, 4) is 0 Å². The zero-order valence-electron chi connectivity index (χ0n) is 9.69. The Labute approximate surface area is 96.0 Å². The number of hydrogen-bond donors (Lipinski definition) is 2. The van der Waals surface area contributed by atoms with Crippen LogP contribution in [-0.2, 0) is 9.59 Å². The molecule has 4 heteroatoms. The van der Waals surface area contributed by atoms with Gasteiger partial charge in [0.15, 0.2) is 5.78 Å². The summed E-state index contributed by atoms with van der Waals surface area (Å²) < 4.78 is 0. The van der Waals surface area contributed by atoms with Crippen molar-refractivity contribution in [2.24, 2.45) is 0 Å². The van der Waals surface area contributed by atoms with Crippen LogP contribution < -0.4 is 0 Å². The van der Waals surface area contributed by atoms with Crippen molar-refractivity contribution in [2.45, 2.75) is 51.6 Å². The fourth-order valence-corrected chi connectivity index (χ4v) is 1.34. The number of unbranched alkanes of at least 4 members (excludes halogenated alkanes) is 3. The number of rotatable bonds is 9. The smallest absolute Gasteiger partial charge is 0.328 e. The molecule has 0 amide bonds. The van der Waals surface area contributed by atoms with Crippen LogP contribution in [0.4, 0.5) is 0 Å². The minimum atomic E-state index is -1.09. The van der Waals surface area contributed by atoms with Gasteiger partial charge in [-0.15, -0.1) is 0 Å². The van der Waals surface area contributed by atoms with E-state index in [1.807, 2.05) is 0 Å². The quantitative estimate of drug-likeness (QED) is 0.467. The molecule has 0 spiro atoms. The molecule has 0 bridgehead atoms. The Kier molecular flexibility index (Phi) is 8.43. The van der Waals surface area contributed by atoms with E-state index >= 15 is 0 Å². The third kappa shape index (κ3) is 10.9. The molecule has 0 fully saturated rings. The molecule has 0 aliphatic heterocycles. The highest BCUT2D eigenvalue weighted by molar-refractivity contribution is 5.95. The van der Waals surface area contributed by atoms with Crippen molar-refractivity contribution in [3.63, 3.8) is 0 Å². The number of carboxylic acid groups (broad SMARTS) is 1. The lowest BCUT2D eigenvalue weighted by atomic mass is 10.1. The summed E-state index contributed by atoms with van der Waals surface area (Å²) in [5, 5.41) is 17.3. The Bertz CT molecular complexity index is 243. The number of aliphatic carboxylic acids is 1. The normalized spacial score (nSPS) is 12.9. The SMILES string of the molecule is CC(O)CCCCCCC(=O)/C=C/C(=O)O. The maximum Gasteiger partial charge on any atom is 0.328 e. The Balaban J connectivity index is 3.38. The first kappa shape index (κ1) is 14.8. The summed E-state index contributed by atoms with van der Waals surface area (Å²) in [4.78, 5) is 21.2. The number of hydrogen-bond acceptors (Lipinski definition) is 3. The van der Waals surface area contributed by atoms with Gasteiger partial charge in [0.05, 0.1) is 6.10 Å². The standard InChI is InChI=1S/C12H20O4/c1-10(13)6-4-2-3-5-7-11(14)8-9-12(15)16/h8-10,13H,2-7H2,1H3,(H,15,16)/b9-8+. The number of carbonyl (C=O) groups excluding carboxylic acids is 1. The molecule has 0 aliphatic carbocycles. The van der Waals surface area contributed by atoms with Crippen LogP contribution in [0.25, 0.3) is 0 Å². The van der Waals surface area contributed by atoms with Crippen molar-refractivity contribution in [1.82, 2.24) is 0 Å². The summed E-state index contributed by atoms with van der Waals surface area (Å²) in [6, 6.07) is 0. The summed E-state index contributed by atoms with van der Waals surface area (Å²) in [5.41, 5.74) is 0. The largest absolute Gasteiger partial charge is 0.478 e. The highest BCUT2D eigenvalue weighted by atomic mass is 16.4. The molecule has 1 unspecified atom stereocenters. The highest BCUT2D eigenvalue weighted by Crippen LogP contribution is 2.07.